The van der Waals surface area contributed by atoms with Crippen molar-refractivity contribution in [3.05, 3.63) is 10.6 Å². The van der Waals surface area contributed by atoms with Crippen molar-refractivity contribution in [1.82, 2.24) is 4.98 Å². The summed E-state index contributed by atoms with van der Waals surface area (Å²) in [4.78, 5) is 8.38. The van der Waals surface area contributed by atoms with Crippen molar-refractivity contribution < 1.29 is 4.74 Å². The monoisotopic (exact) mass is 269 g/mol. The van der Waals surface area contributed by atoms with Gasteiger partial charge in [-0.1, -0.05) is 13.3 Å². The Morgan fingerprint density at radius 3 is 2.94 bits per heavy atom. The van der Waals surface area contributed by atoms with Gasteiger partial charge in [-0.05, 0) is 20.3 Å². The van der Waals surface area contributed by atoms with Gasteiger partial charge in [-0.15, -0.1) is 11.3 Å². The van der Waals surface area contributed by atoms with Crippen molar-refractivity contribution in [1.29, 1.82) is 0 Å². The standard InChI is InChI=1S/C13H23N3OS/c1-4-5-11-12(6-14)18-13(15-11)16-7-10(3)17-8-9(16)2/h9-10H,4-8,14H2,1-3H3. The number of aromatic nitrogens is 1. The summed E-state index contributed by atoms with van der Waals surface area (Å²) < 4.78 is 5.66. The molecule has 2 heterocycles. The molecule has 0 aromatic carbocycles. The highest BCUT2D eigenvalue weighted by atomic mass is 32.1. The maximum absolute atomic E-state index is 5.81. The maximum atomic E-state index is 5.81. The molecule has 0 aliphatic carbocycles. The van der Waals surface area contributed by atoms with Crippen LogP contribution in [0, 0.1) is 0 Å². The fourth-order valence-electron chi connectivity index (χ4n) is 2.25. The molecule has 0 amide bonds. The molecule has 2 atom stereocenters. The molecule has 2 unspecified atom stereocenters. The Morgan fingerprint density at radius 1 is 1.50 bits per heavy atom. The normalized spacial score (nSPS) is 24.6. The summed E-state index contributed by atoms with van der Waals surface area (Å²) in [7, 11) is 0. The van der Waals surface area contributed by atoms with E-state index in [2.05, 4.69) is 25.7 Å². The fourth-order valence-corrected chi connectivity index (χ4v) is 3.35. The average Bonchev–Trinajstić information content (AvgIpc) is 2.76. The van der Waals surface area contributed by atoms with E-state index < -0.39 is 0 Å². The molecule has 1 aromatic rings. The minimum atomic E-state index is 0.279. The summed E-state index contributed by atoms with van der Waals surface area (Å²) in [6, 6.07) is 0.396. The second-order valence-electron chi connectivity index (χ2n) is 4.97. The Kier molecular flexibility index (Phi) is 4.59. The van der Waals surface area contributed by atoms with E-state index >= 15 is 0 Å². The number of nitrogens with zero attached hydrogens (tertiary/aromatic N) is 2. The topological polar surface area (TPSA) is 51.4 Å². The van der Waals surface area contributed by atoms with Gasteiger partial charge < -0.3 is 15.4 Å². The lowest BCUT2D eigenvalue weighted by atomic mass is 10.2. The van der Waals surface area contributed by atoms with Gasteiger partial charge in [0.15, 0.2) is 5.13 Å². The summed E-state index contributed by atoms with van der Waals surface area (Å²) in [5, 5.41) is 1.11. The molecule has 0 bridgehead atoms. The maximum Gasteiger partial charge on any atom is 0.186 e. The SMILES string of the molecule is CCCc1nc(N2CC(C)OCC2C)sc1CN. The van der Waals surface area contributed by atoms with Crippen LogP contribution in [0.1, 0.15) is 37.8 Å². The first-order chi connectivity index (χ1) is 8.65. The molecule has 1 aliphatic heterocycles. The van der Waals surface area contributed by atoms with Crippen LogP contribution in [0.2, 0.25) is 0 Å². The molecule has 2 N–H and O–H groups in total. The quantitative estimate of drug-likeness (QED) is 0.910. The second kappa shape index (κ2) is 5.99. The average molecular weight is 269 g/mol. The smallest absolute Gasteiger partial charge is 0.186 e. The van der Waals surface area contributed by atoms with Gasteiger partial charge in [-0.2, -0.15) is 0 Å². The summed E-state index contributed by atoms with van der Waals surface area (Å²) in [5.74, 6) is 0. The van der Waals surface area contributed by atoms with E-state index in [0.717, 1.165) is 31.1 Å². The number of hydrogen-bond donors (Lipinski definition) is 1. The van der Waals surface area contributed by atoms with Crippen LogP contribution in [0.4, 0.5) is 5.13 Å². The number of anilines is 1. The van der Waals surface area contributed by atoms with Gasteiger partial charge in [0, 0.05) is 18.0 Å². The van der Waals surface area contributed by atoms with Gasteiger partial charge in [-0.25, -0.2) is 4.98 Å². The van der Waals surface area contributed by atoms with Gasteiger partial charge in [0.05, 0.1) is 24.4 Å². The Hall–Kier alpha value is -0.650. The van der Waals surface area contributed by atoms with Gasteiger partial charge in [0.25, 0.3) is 0 Å². The van der Waals surface area contributed by atoms with Crippen LogP contribution in [0.5, 0.6) is 0 Å². The molecule has 0 radical (unpaired) electrons. The Bertz CT molecular complexity index is 394. The largest absolute Gasteiger partial charge is 0.375 e. The minimum Gasteiger partial charge on any atom is -0.375 e. The zero-order valence-electron chi connectivity index (χ0n) is 11.5. The van der Waals surface area contributed by atoms with E-state index in [-0.39, 0.29) is 6.10 Å². The molecular weight excluding hydrogens is 246 g/mol. The highest BCUT2D eigenvalue weighted by Gasteiger charge is 2.26. The zero-order valence-corrected chi connectivity index (χ0v) is 12.3. The number of ether oxygens (including phenoxy) is 1. The molecule has 1 aliphatic rings. The van der Waals surface area contributed by atoms with Crippen molar-refractivity contribution in [3.8, 4) is 0 Å². The van der Waals surface area contributed by atoms with Crippen molar-refractivity contribution in [3.63, 3.8) is 0 Å². The molecule has 18 heavy (non-hydrogen) atoms. The van der Waals surface area contributed by atoms with Crippen molar-refractivity contribution in [2.75, 3.05) is 18.1 Å². The molecule has 2 rings (SSSR count). The van der Waals surface area contributed by atoms with Gasteiger partial charge in [0.2, 0.25) is 0 Å². The van der Waals surface area contributed by atoms with Crippen LogP contribution < -0.4 is 10.6 Å². The van der Waals surface area contributed by atoms with Gasteiger partial charge in [0.1, 0.15) is 0 Å². The van der Waals surface area contributed by atoms with Crippen molar-refractivity contribution in [2.24, 2.45) is 5.73 Å². The molecule has 0 saturated carbocycles. The highest BCUT2D eigenvalue weighted by molar-refractivity contribution is 7.15. The molecular formula is C13H23N3OS. The first-order valence-corrected chi connectivity index (χ1v) is 7.54. The van der Waals surface area contributed by atoms with Gasteiger partial charge >= 0.3 is 0 Å². The number of morpholine rings is 1. The second-order valence-corrected chi connectivity index (χ2v) is 6.03. The van der Waals surface area contributed by atoms with Crippen LogP contribution in [-0.4, -0.2) is 30.3 Å². The Labute approximate surface area is 113 Å². The molecule has 1 aromatic heterocycles. The Morgan fingerprint density at radius 2 is 2.28 bits per heavy atom. The molecule has 4 nitrogen and oxygen atoms in total. The summed E-state index contributed by atoms with van der Waals surface area (Å²) in [6.45, 7) is 8.78. The molecule has 5 heteroatoms. The third kappa shape index (κ3) is 2.84. The number of nitrogens with two attached hydrogens (primary N) is 1. The fraction of sp³-hybridized carbons (Fsp3) is 0.769. The minimum absolute atomic E-state index is 0.279. The third-order valence-corrected chi connectivity index (χ3v) is 4.45. The number of aryl methyl sites for hydroxylation is 1. The highest BCUT2D eigenvalue weighted by Crippen LogP contribution is 2.30. The van der Waals surface area contributed by atoms with E-state index in [1.807, 2.05) is 0 Å². The van der Waals surface area contributed by atoms with E-state index in [1.54, 1.807) is 11.3 Å². The van der Waals surface area contributed by atoms with E-state index in [9.17, 15) is 0 Å². The van der Waals surface area contributed by atoms with Crippen LogP contribution in [-0.2, 0) is 17.7 Å². The van der Waals surface area contributed by atoms with Gasteiger partial charge in [-0.3, -0.25) is 0 Å². The first kappa shape index (κ1) is 13.8. The van der Waals surface area contributed by atoms with Crippen LogP contribution in [0.25, 0.3) is 0 Å². The van der Waals surface area contributed by atoms with E-state index in [4.69, 9.17) is 15.5 Å². The molecule has 1 fully saturated rings. The van der Waals surface area contributed by atoms with Crippen LogP contribution in [0.3, 0.4) is 0 Å². The number of thiazole rings is 1. The van der Waals surface area contributed by atoms with E-state index in [0.29, 0.717) is 12.6 Å². The van der Waals surface area contributed by atoms with Crippen molar-refractivity contribution >= 4 is 16.5 Å². The van der Waals surface area contributed by atoms with Crippen molar-refractivity contribution in [2.45, 2.75) is 52.3 Å². The lowest BCUT2D eigenvalue weighted by Crippen LogP contribution is -2.47. The van der Waals surface area contributed by atoms with Crippen LogP contribution in [0.15, 0.2) is 0 Å². The molecule has 102 valence electrons. The van der Waals surface area contributed by atoms with E-state index in [1.165, 1.54) is 10.6 Å². The van der Waals surface area contributed by atoms with Crippen LogP contribution >= 0.6 is 11.3 Å². The number of rotatable bonds is 4. The lowest BCUT2D eigenvalue weighted by Gasteiger charge is -2.36. The summed E-state index contributed by atoms with van der Waals surface area (Å²) in [6.07, 6.45) is 2.42. The first-order valence-electron chi connectivity index (χ1n) is 6.72. The molecule has 0 spiro atoms. The predicted molar refractivity (Wildman–Crippen MR) is 76.2 cm³/mol. The zero-order chi connectivity index (χ0) is 13.1. The predicted octanol–water partition coefficient (Wildman–Crippen LogP) is 2.17. The summed E-state index contributed by atoms with van der Waals surface area (Å²) in [5.41, 5.74) is 7.00. The Balaban J connectivity index is 2.21. The summed E-state index contributed by atoms with van der Waals surface area (Å²) >= 11 is 1.75. The third-order valence-electron chi connectivity index (χ3n) is 3.29. The molecule has 1 saturated heterocycles. The number of hydrogen-bond acceptors (Lipinski definition) is 5. The lowest BCUT2D eigenvalue weighted by molar-refractivity contribution is 0.0343.